The van der Waals surface area contributed by atoms with Gasteiger partial charge in [0.2, 0.25) is 0 Å². The largest absolute Gasteiger partial charge is 0.465 e. The van der Waals surface area contributed by atoms with Gasteiger partial charge in [0.05, 0.1) is 13.7 Å². The number of likely N-dealkylation sites (tertiary alicyclic amines) is 1. The maximum absolute atomic E-state index is 11.6. The monoisotopic (exact) mass is 307 g/mol. The van der Waals surface area contributed by atoms with E-state index in [1.807, 2.05) is 0 Å². The molecular formula is C16H25N3O3. The first-order chi connectivity index (χ1) is 10.5. The van der Waals surface area contributed by atoms with Gasteiger partial charge in [-0.1, -0.05) is 6.92 Å². The molecule has 0 unspecified atom stereocenters. The molecule has 0 amide bonds. The third-order valence-corrected chi connectivity index (χ3v) is 4.09. The number of hydrogen-bond acceptors (Lipinski definition) is 4. The third kappa shape index (κ3) is 3.81. The van der Waals surface area contributed by atoms with Gasteiger partial charge in [0.1, 0.15) is 17.1 Å². The van der Waals surface area contributed by atoms with Crippen LogP contribution in [0.15, 0.2) is 15.5 Å². The minimum absolute atomic E-state index is 0.373. The Morgan fingerprint density at radius 1 is 1.50 bits per heavy atom. The number of ether oxygens (including phenoxy) is 1. The fourth-order valence-corrected chi connectivity index (χ4v) is 2.66. The molecule has 122 valence electrons. The minimum Gasteiger partial charge on any atom is -0.465 e. The SMILES string of the molecule is CN=C(NCc1cc(C(=O)OC)c(C)o1)N1CCC(C)CC1. The van der Waals surface area contributed by atoms with Crippen molar-refractivity contribution in [1.29, 1.82) is 0 Å². The van der Waals surface area contributed by atoms with Crippen molar-refractivity contribution in [2.24, 2.45) is 10.9 Å². The molecule has 1 aromatic rings. The Hall–Kier alpha value is -1.98. The second-order valence-corrected chi connectivity index (χ2v) is 5.74. The smallest absolute Gasteiger partial charge is 0.341 e. The van der Waals surface area contributed by atoms with Gasteiger partial charge in [-0.25, -0.2) is 4.79 Å². The summed E-state index contributed by atoms with van der Waals surface area (Å²) in [5.41, 5.74) is 0.473. The Labute approximate surface area is 131 Å². The molecule has 22 heavy (non-hydrogen) atoms. The number of rotatable bonds is 3. The average molecular weight is 307 g/mol. The van der Waals surface area contributed by atoms with E-state index in [1.165, 1.54) is 20.0 Å². The van der Waals surface area contributed by atoms with Crippen molar-refractivity contribution < 1.29 is 13.9 Å². The number of guanidine groups is 1. The summed E-state index contributed by atoms with van der Waals surface area (Å²) in [4.78, 5) is 18.2. The second-order valence-electron chi connectivity index (χ2n) is 5.74. The molecule has 6 heteroatoms. The summed E-state index contributed by atoms with van der Waals surface area (Å²) in [6, 6.07) is 1.72. The van der Waals surface area contributed by atoms with Gasteiger partial charge < -0.3 is 19.4 Å². The number of carbonyl (C=O) groups excluding carboxylic acids is 1. The highest BCUT2D eigenvalue weighted by atomic mass is 16.5. The van der Waals surface area contributed by atoms with E-state index < -0.39 is 0 Å². The standard InChI is InChI=1S/C16H25N3O3/c1-11-5-7-19(8-6-11)16(17-3)18-10-13-9-14(12(2)22-13)15(20)21-4/h9,11H,5-8,10H2,1-4H3,(H,17,18). The van der Waals surface area contributed by atoms with E-state index in [-0.39, 0.29) is 5.97 Å². The van der Waals surface area contributed by atoms with E-state index >= 15 is 0 Å². The van der Waals surface area contributed by atoms with Crippen molar-refractivity contribution >= 4 is 11.9 Å². The summed E-state index contributed by atoms with van der Waals surface area (Å²) in [6.07, 6.45) is 2.38. The van der Waals surface area contributed by atoms with Crippen molar-refractivity contribution in [3.05, 3.63) is 23.2 Å². The number of nitrogens with one attached hydrogen (secondary N) is 1. The third-order valence-electron chi connectivity index (χ3n) is 4.09. The highest BCUT2D eigenvalue weighted by molar-refractivity contribution is 5.90. The fourth-order valence-electron chi connectivity index (χ4n) is 2.66. The van der Waals surface area contributed by atoms with Crippen LogP contribution in [-0.4, -0.2) is 44.1 Å². The number of aliphatic imine (C=N–C) groups is 1. The summed E-state index contributed by atoms with van der Waals surface area (Å²) in [5.74, 6) is 2.56. The number of carbonyl (C=O) groups is 1. The van der Waals surface area contributed by atoms with Gasteiger partial charge in [0, 0.05) is 20.1 Å². The molecule has 0 bridgehead atoms. The van der Waals surface area contributed by atoms with E-state index in [1.54, 1.807) is 20.0 Å². The molecule has 0 atom stereocenters. The van der Waals surface area contributed by atoms with Gasteiger partial charge in [-0.05, 0) is 31.7 Å². The number of hydrogen-bond donors (Lipinski definition) is 1. The molecule has 1 aliphatic rings. The first-order valence-electron chi connectivity index (χ1n) is 7.68. The zero-order valence-corrected chi connectivity index (χ0v) is 13.8. The number of aryl methyl sites for hydroxylation is 1. The van der Waals surface area contributed by atoms with E-state index in [0.29, 0.717) is 23.6 Å². The quantitative estimate of drug-likeness (QED) is 0.527. The average Bonchev–Trinajstić information content (AvgIpc) is 2.89. The first kappa shape index (κ1) is 16.4. The summed E-state index contributed by atoms with van der Waals surface area (Å²) in [5, 5.41) is 3.30. The lowest BCUT2D eigenvalue weighted by Gasteiger charge is -2.32. The molecular weight excluding hydrogens is 282 g/mol. The van der Waals surface area contributed by atoms with Crippen LogP contribution in [-0.2, 0) is 11.3 Å². The molecule has 0 aliphatic carbocycles. The highest BCUT2D eigenvalue weighted by Crippen LogP contribution is 2.17. The molecule has 0 radical (unpaired) electrons. The number of nitrogens with zero attached hydrogens (tertiary/aromatic N) is 2. The van der Waals surface area contributed by atoms with Crippen LogP contribution in [0.4, 0.5) is 0 Å². The summed E-state index contributed by atoms with van der Waals surface area (Å²) in [7, 11) is 3.15. The maximum atomic E-state index is 11.6. The molecule has 0 aromatic carbocycles. The van der Waals surface area contributed by atoms with Crippen molar-refractivity contribution in [3.63, 3.8) is 0 Å². The van der Waals surface area contributed by atoms with Crippen LogP contribution < -0.4 is 5.32 Å². The zero-order valence-electron chi connectivity index (χ0n) is 13.8. The molecule has 1 aromatic heterocycles. The topological polar surface area (TPSA) is 67.1 Å². The predicted octanol–water partition coefficient (Wildman–Crippen LogP) is 2.18. The number of furan rings is 1. The van der Waals surface area contributed by atoms with Crippen molar-refractivity contribution in [2.75, 3.05) is 27.2 Å². The van der Waals surface area contributed by atoms with Gasteiger partial charge in [0.25, 0.3) is 0 Å². The van der Waals surface area contributed by atoms with E-state index in [9.17, 15) is 4.79 Å². The Kier molecular flexibility index (Phi) is 5.46. The Morgan fingerprint density at radius 2 is 2.18 bits per heavy atom. The highest BCUT2D eigenvalue weighted by Gasteiger charge is 2.19. The lowest BCUT2D eigenvalue weighted by Crippen LogP contribution is -2.45. The summed E-state index contributed by atoms with van der Waals surface area (Å²) < 4.78 is 10.3. The van der Waals surface area contributed by atoms with Gasteiger partial charge in [-0.15, -0.1) is 0 Å². The van der Waals surface area contributed by atoms with E-state index in [4.69, 9.17) is 9.15 Å². The van der Waals surface area contributed by atoms with E-state index in [2.05, 4.69) is 22.1 Å². The summed E-state index contributed by atoms with van der Waals surface area (Å²) >= 11 is 0. The molecule has 1 fully saturated rings. The molecule has 2 heterocycles. The van der Waals surface area contributed by atoms with Crippen molar-refractivity contribution in [1.82, 2.24) is 10.2 Å². The fraction of sp³-hybridized carbons (Fsp3) is 0.625. The van der Waals surface area contributed by atoms with Gasteiger partial charge in [-0.2, -0.15) is 0 Å². The number of esters is 1. The molecule has 1 aliphatic heterocycles. The molecule has 1 N–H and O–H groups in total. The van der Waals surface area contributed by atoms with Crippen LogP contribution in [0.1, 0.15) is 41.6 Å². The second kappa shape index (κ2) is 7.33. The Bertz CT molecular complexity index is 543. The molecule has 0 saturated carbocycles. The van der Waals surface area contributed by atoms with Crippen LogP contribution in [0.3, 0.4) is 0 Å². The predicted molar refractivity (Wildman–Crippen MR) is 85.0 cm³/mol. The van der Waals surface area contributed by atoms with Crippen molar-refractivity contribution in [3.8, 4) is 0 Å². The minimum atomic E-state index is -0.373. The van der Waals surface area contributed by atoms with Gasteiger partial charge >= 0.3 is 5.97 Å². The van der Waals surface area contributed by atoms with Gasteiger partial charge in [-0.3, -0.25) is 4.99 Å². The van der Waals surface area contributed by atoms with Crippen LogP contribution in [0.25, 0.3) is 0 Å². The molecule has 6 nitrogen and oxygen atoms in total. The van der Waals surface area contributed by atoms with Crippen molar-refractivity contribution in [2.45, 2.75) is 33.2 Å². The zero-order chi connectivity index (χ0) is 16.1. The lowest BCUT2D eigenvalue weighted by atomic mass is 10.00. The number of piperidine rings is 1. The maximum Gasteiger partial charge on any atom is 0.341 e. The molecule has 2 rings (SSSR count). The lowest BCUT2D eigenvalue weighted by molar-refractivity contribution is 0.0599. The molecule has 0 spiro atoms. The Balaban J connectivity index is 1.95. The first-order valence-corrected chi connectivity index (χ1v) is 7.68. The van der Waals surface area contributed by atoms with Crippen LogP contribution in [0.5, 0.6) is 0 Å². The molecule has 1 saturated heterocycles. The van der Waals surface area contributed by atoms with Crippen LogP contribution in [0.2, 0.25) is 0 Å². The van der Waals surface area contributed by atoms with Crippen LogP contribution in [0, 0.1) is 12.8 Å². The van der Waals surface area contributed by atoms with Crippen LogP contribution >= 0.6 is 0 Å². The normalized spacial score (nSPS) is 16.7. The van der Waals surface area contributed by atoms with E-state index in [0.717, 1.165) is 25.0 Å². The number of methoxy groups -OCH3 is 1. The van der Waals surface area contributed by atoms with Gasteiger partial charge in [0.15, 0.2) is 5.96 Å². The summed E-state index contributed by atoms with van der Waals surface area (Å²) in [6.45, 7) is 6.58. The Morgan fingerprint density at radius 3 is 2.77 bits per heavy atom.